The van der Waals surface area contributed by atoms with Crippen molar-refractivity contribution in [1.82, 2.24) is 0 Å². The van der Waals surface area contributed by atoms with Gasteiger partial charge in [-0.3, -0.25) is 0 Å². The molecule has 110 valence electrons. The van der Waals surface area contributed by atoms with Gasteiger partial charge < -0.3 is 15.2 Å². The van der Waals surface area contributed by atoms with Crippen LogP contribution in [0, 0.1) is 0 Å². The number of benzene rings is 2. The fourth-order valence-electron chi connectivity index (χ4n) is 2.69. The second kappa shape index (κ2) is 5.41. The topological polar surface area (TPSA) is 44.5 Å². The molecule has 0 unspecified atom stereocenters. The Morgan fingerprint density at radius 1 is 1.14 bits per heavy atom. The smallest absolute Gasteiger partial charge is 0.169 e. The first-order valence-corrected chi connectivity index (χ1v) is 7.35. The van der Waals surface area contributed by atoms with Crippen molar-refractivity contribution in [3.8, 4) is 17.2 Å². The van der Waals surface area contributed by atoms with Crippen LogP contribution in [0.25, 0.3) is 0 Å². The molecule has 1 aliphatic rings. The van der Waals surface area contributed by atoms with Crippen LogP contribution < -0.4 is 15.2 Å². The van der Waals surface area contributed by atoms with Crippen molar-refractivity contribution in [2.24, 2.45) is 5.73 Å². The molecule has 3 nitrogen and oxygen atoms in total. The van der Waals surface area contributed by atoms with Gasteiger partial charge in [0.1, 0.15) is 11.4 Å². The van der Waals surface area contributed by atoms with Crippen molar-refractivity contribution in [2.45, 2.75) is 32.3 Å². The third kappa shape index (κ3) is 3.03. The first-order chi connectivity index (χ1) is 10.1. The summed E-state index contributed by atoms with van der Waals surface area (Å²) in [5.74, 6) is 2.47. The Bertz CT molecular complexity index is 632. The van der Waals surface area contributed by atoms with Gasteiger partial charge in [0.25, 0.3) is 0 Å². The van der Waals surface area contributed by atoms with E-state index in [1.165, 1.54) is 11.1 Å². The lowest BCUT2D eigenvalue weighted by Crippen LogP contribution is -2.24. The molecule has 1 aliphatic heterocycles. The summed E-state index contributed by atoms with van der Waals surface area (Å²) in [7, 11) is 0. The zero-order valence-electron chi connectivity index (χ0n) is 12.6. The third-order valence-electron chi connectivity index (χ3n) is 3.64. The van der Waals surface area contributed by atoms with Gasteiger partial charge in [-0.05, 0) is 50.6 Å². The Kier molecular flexibility index (Phi) is 3.60. The molecule has 2 N–H and O–H groups in total. The zero-order chi connectivity index (χ0) is 14.9. The maximum atomic E-state index is 6.02. The van der Waals surface area contributed by atoms with Crippen LogP contribution >= 0.6 is 0 Å². The molecule has 3 rings (SSSR count). The first kappa shape index (κ1) is 14.0. The van der Waals surface area contributed by atoms with E-state index >= 15 is 0 Å². The van der Waals surface area contributed by atoms with Gasteiger partial charge in [0.05, 0.1) is 0 Å². The summed E-state index contributed by atoms with van der Waals surface area (Å²) < 4.78 is 12.0. The molecule has 1 heterocycles. The van der Waals surface area contributed by atoms with Crippen molar-refractivity contribution < 1.29 is 9.47 Å². The quantitative estimate of drug-likeness (QED) is 0.930. The normalized spacial score (nSPS) is 15.4. The molecule has 0 fully saturated rings. The molecular formula is C18H21NO2. The number of rotatable bonds is 4. The number of para-hydroxylation sites is 1. The van der Waals surface area contributed by atoms with Crippen LogP contribution in [-0.2, 0) is 12.8 Å². The zero-order valence-corrected chi connectivity index (χ0v) is 12.6. The minimum atomic E-state index is -0.160. The molecule has 0 amide bonds. The van der Waals surface area contributed by atoms with Crippen molar-refractivity contribution in [3.05, 3.63) is 53.6 Å². The Hall–Kier alpha value is -2.00. The first-order valence-electron chi connectivity index (χ1n) is 7.35. The van der Waals surface area contributed by atoms with Crippen LogP contribution in [0.4, 0.5) is 0 Å². The molecule has 2 aromatic rings. The number of hydrogen-bond donors (Lipinski definition) is 1. The average molecular weight is 283 g/mol. The Morgan fingerprint density at radius 3 is 2.62 bits per heavy atom. The van der Waals surface area contributed by atoms with E-state index in [2.05, 4.69) is 32.0 Å². The second-order valence-electron chi connectivity index (χ2n) is 6.07. The van der Waals surface area contributed by atoms with E-state index < -0.39 is 0 Å². The van der Waals surface area contributed by atoms with E-state index in [4.69, 9.17) is 15.2 Å². The predicted molar refractivity (Wildman–Crippen MR) is 84.1 cm³/mol. The van der Waals surface area contributed by atoms with Crippen LogP contribution in [-0.4, -0.2) is 12.1 Å². The second-order valence-corrected chi connectivity index (χ2v) is 6.07. The molecule has 3 heteroatoms. The number of ether oxygens (including phenoxy) is 2. The van der Waals surface area contributed by atoms with E-state index in [-0.39, 0.29) is 5.60 Å². The summed E-state index contributed by atoms with van der Waals surface area (Å²) >= 11 is 0. The average Bonchev–Trinajstić information content (AvgIpc) is 2.76. The minimum Gasteiger partial charge on any atom is -0.483 e. The lowest BCUT2D eigenvalue weighted by atomic mass is 10.0. The van der Waals surface area contributed by atoms with Crippen molar-refractivity contribution in [3.63, 3.8) is 0 Å². The molecule has 0 aromatic heterocycles. The summed E-state index contributed by atoms with van der Waals surface area (Å²) in [5.41, 5.74) is 7.83. The van der Waals surface area contributed by atoms with Gasteiger partial charge in [0.15, 0.2) is 11.5 Å². The Balaban J connectivity index is 1.82. The van der Waals surface area contributed by atoms with E-state index in [1.807, 2.05) is 24.3 Å². The molecule has 2 aromatic carbocycles. The monoisotopic (exact) mass is 283 g/mol. The highest BCUT2D eigenvalue weighted by Crippen LogP contribution is 2.43. The standard InChI is InChI=1S/C18H21NO2/c1-18(2)12-14-4-3-5-16(17(14)21-18)20-15-8-6-13(7-9-15)10-11-19/h3-9H,10-12,19H2,1-2H3. The van der Waals surface area contributed by atoms with Gasteiger partial charge in [-0.2, -0.15) is 0 Å². The van der Waals surface area contributed by atoms with Crippen molar-refractivity contribution >= 4 is 0 Å². The lowest BCUT2D eigenvalue weighted by molar-refractivity contribution is 0.135. The largest absolute Gasteiger partial charge is 0.483 e. The highest BCUT2D eigenvalue weighted by Gasteiger charge is 2.32. The van der Waals surface area contributed by atoms with Crippen molar-refractivity contribution in [1.29, 1.82) is 0 Å². The molecule has 0 saturated carbocycles. The molecule has 0 spiro atoms. The SMILES string of the molecule is CC1(C)Cc2cccc(Oc3ccc(CCN)cc3)c2O1. The van der Waals surface area contributed by atoms with E-state index in [0.29, 0.717) is 6.54 Å². The fraction of sp³-hybridized carbons (Fsp3) is 0.333. The van der Waals surface area contributed by atoms with E-state index in [1.54, 1.807) is 0 Å². The molecule has 0 saturated heterocycles. The van der Waals surface area contributed by atoms with E-state index in [0.717, 1.165) is 30.1 Å². The van der Waals surface area contributed by atoms with E-state index in [9.17, 15) is 0 Å². The Labute approximate surface area is 125 Å². The van der Waals surface area contributed by atoms with Gasteiger partial charge >= 0.3 is 0 Å². The van der Waals surface area contributed by atoms with Crippen LogP contribution in [0.3, 0.4) is 0 Å². The molecule has 0 bridgehead atoms. The maximum Gasteiger partial charge on any atom is 0.169 e. The van der Waals surface area contributed by atoms with Gasteiger partial charge in [-0.15, -0.1) is 0 Å². The maximum absolute atomic E-state index is 6.02. The molecule has 21 heavy (non-hydrogen) atoms. The summed E-state index contributed by atoms with van der Waals surface area (Å²) in [6.45, 7) is 4.85. The Morgan fingerprint density at radius 2 is 1.90 bits per heavy atom. The predicted octanol–water partition coefficient (Wildman–Crippen LogP) is 3.69. The molecular weight excluding hydrogens is 262 g/mol. The lowest BCUT2D eigenvalue weighted by Gasteiger charge is -2.18. The van der Waals surface area contributed by atoms with Gasteiger partial charge in [0, 0.05) is 12.0 Å². The summed E-state index contributed by atoms with van der Waals surface area (Å²) in [6.07, 6.45) is 1.80. The van der Waals surface area contributed by atoms with Crippen molar-refractivity contribution in [2.75, 3.05) is 6.54 Å². The van der Waals surface area contributed by atoms with Crippen LogP contribution in [0.5, 0.6) is 17.2 Å². The highest BCUT2D eigenvalue weighted by molar-refractivity contribution is 5.51. The number of fused-ring (bicyclic) bond motifs is 1. The van der Waals surface area contributed by atoms with Gasteiger partial charge in [-0.1, -0.05) is 24.3 Å². The molecule has 0 atom stereocenters. The minimum absolute atomic E-state index is 0.160. The van der Waals surface area contributed by atoms with Crippen LogP contribution in [0.15, 0.2) is 42.5 Å². The summed E-state index contributed by atoms with van der Waals surface area (Å²) in [4.78, 5) is 0. The van der Waals surface area contributed by atoms with Crippen LogP contribution in [0.1, 0.15) is 25.0 Å². The fourth-order valence-corrected chi connectivity index (χ4v) is 2.69. The van der Waals surface area contributed by atoms with Gasteiger partial charge in [0.2, 0.25) is 0 Å². The summed E-state index contributed by atoms with van der Waals surface area (Å²) in [6, 6.07) is 14.1. The number of nitrogens with two attached hydrogens (primary N) is 1. The molecule has 0 radical (unpaired) electrons. The number of hydrogen-bond acceptors (Lipinski definition) is 3. The third-order valence-corrected chi connectivity index (χ3v) is 3.64. The van der Waals surface area contributed by atoms with Gasteiger partial charge in [-0.25, -0.2) is 0 Å². The summed E-state index contributed by atoms with van der Waals surface area (Å²) in [5, 5.41) is 0. The van der Waals surface area contributed by atoms with Crippen LogP contribution in [0.2, 0.25) is 0 Å². The highest BCUT2D eigenvalue weighted by atomic mass is 16.5. The molecule has 0 aliphatic carbocycles.